The summed E-state index contributed by atoms with van der Waals surface area (Å²) in [6.07, 6.45) is 6.57. The van der Waals surface area contributed by atoms with Gasteiger partial charge >= 0.3 is 12.0 Å². The van der Waals surface area contributed by atoms with Gasteiger partial charge in [0.1, 0.15) is 0 Å². The van der Waals surface area contributed by atoms with Crippen molar-refractivity contribution >= 4 is 12.0 Å². The summed E-state index contributed by atoms with van der Waals surface area (Å²) >= 11 is 0. The molecule has 1 unspecified atom stereocenters. The van der Waals surface area contributed by atoms with Crippen molar-refractivity contribution in [3.8, 4) is 0 Å². The van der Waals surface area contributed by atoms with Crippen molar-refractivity contribution in [2.24, 2.45) is 0 Å². The van der Waals surface area contributed by atoms with Gasteiger partial charge in [-0.15, -0.1) is 0 Å². The first kappa shape index (κ1) is 13.5. The number of allylic oxidation sites excluding steroid dienone is 1. The van der Waals surface area contributed by atoms with Crippen molar-refractivity contribution < 1.29 is 14.7 Å². The molecule has 5 nitrogen and oxygen atoms in total. The molecule has 1 rings (SSSR count). The first-order valence-electron chi connectivity index (χ1n) is 6.02. The zero-order valence-electron chi connectivity index (χ0n) is 10.2. The van der Waals surface area contributed by atoms with Crippen LogP contribution >= 0.6 is 0 Å². The number of aliphatic carboxylic acids is 1. The van der Waals surface area contributed by atoms with Crippen LogP contribution in [0.2, 0.25) is 0 Å². The van der Waals surface area contributed by atoms with Gasteiger partial charge in [-0.25, -0.2) is 4.79 Å². The Morgan fingerprint density at radius 2 is 2.29 bits per heavy atom. The van der Waals surface area contributed by atoms with Gasteiger partial charge in [0.05, 0.1) is 6.42 Å². The molecule has 0 radical (unpaired) electrons. The number of urea groups is 1. The van der Waals surface area contributed by atoms with E-state index in [1.165, 1.54) is 12.0 Å². The van der Waals surface area contributed by atoms with Crippen LogP contribution in [0.3, 0.4) is 0 Å². The van der Waals surface area contributed by atoms with Gasteiger partial charge in [0, 0.05) is 12.6 Å². The minimum atomic E-state index is -0.908. The van der Waals surface area contributed by atoms with Crippen LogP contribution in [0.1, 0.15) is 39.0 Å². The van der Waals surface area contributed by atoms with Gasteiger partial charge < -0.3 is 15.7 Å². The molecule has 0 fully saturated rings. The van der Waals surface area contributed by atoms with Gasteiger partial charge in [-0.3, -0.25) is 4.79 Å². The van der Waals surface area contributed by atoms with Gasteiger partial charge in [0.2, 0.25) is 0 Å². The predicted octanol–water partition coefficient (Wildman–Crippen LogP) is 1.65. The SMILES string of the molecule is CC(CC(=O)O)NC(=O)NCCC1=CCCC1. The number of carbonyl (C=O) groups is 2. The third kappa shape index (κ3) is 5.94. The Balaban J connectivity index is 2.10. The standard InChI is InChI=1S/C12H20N2O3/c1-9(8-11(15)16)14-12(17)13-7-6-10-4-2-3-5-10/h4,9H,2-3,5-8H2,1H3,(H,15,16)(H2,13,14,17). The fourth-order valence-corrected chi connectivity index (χ4v) is 1.89. The summed E-state index contributed by atoms with van der Waals surface area (Å²) in [6.45, 7) is 2.28. The van der Waals surface area contributed by atoms with Crippen LogP contribution in [0.4, 0.5) is 4.79 Å². The number of nitrogens with one attached hydrogen (secondary N) is 2. The van der Waals surface area contributed by atoms with Gasteiger partial charge in [-0.05, 0) is 32.6 Å². The molecule has 0 bridgehead atoms. The largest absolute Gasteiger partial charge is 0.481 e. The highest BCUT2D eigenvalue weighted by molar-refractivity contribution is 5.75. The molecule has 1 aliphatic carbocycles. The van der Waals surface area contributed by atoms with Crippen LogP contribution < -0.4 is 10.6 Å². The summed E-state index contributed by atoms with van der Waals surface area (Å²) in [5.74, 6) is -0.908. The summed E-state index contributed by atoms with van der Waals surface area (Å²) in [6, 6.07) is -0.643. The highest BCUT2D eigenvalue weighted by atomic mass is 16.4. The van der Waals surface area contributed by atoms with Crippen LogP contribution in [-0.4, -0.2) is 29.7 Å². The molecule has 0 aromatic carbocycles. The maximum absolute atomic E-state index is 11.4. The van der Waals surface area contributed by atoms with E-state index in [-0.39, 0.29) is 18.5 Å². The van der Waals surface area contributed by atoms with Crippen molar-refractivity contribution in [3.63, 3.8) is 0 Å². The molecule has 3 N–H and O–H groups in total. The number of carboxylic acids is 1. The minimum Gasteiger partial charge on any atom is -0.481 e. The van der Waals surface area contributed by atoms with Gasteiger partial charge in [0.15, 0.2) is 0 Å². The van der Waals surface area contributed by atoms with Crippen molar-refractivity contribution in [2.45, 2.75) is 45.1 Å². The monoisotopic (exact) mass is 240 g/mol. The van der Waals surface area contributed by atoms with Gasteiger partial charge in [-0.1, -0.05) is 11.6 Å². The smallest absolute Gasteiger partial charge is 0.315 e. The van der Waals surface area contributed by atoms with E-state index in [9.17, 15) is 9.59 Å². The fourth-order valence-electron chi connectivity index (χ4n) is 1.89. The number of carbonyl (C=O) groups excluding carboxylic acids is 1. The molecule has 2 amide bonds. The Labute approximate surface area is 101 Å². The lowest BCUT2D eigenvalue weighted by atomic mass is 10.2. The molecular weight excluding hydrogens is 220 g/mol. The number of carboxylic acid groups (broad SMARTS) is 1. The second kappa shape index (κ2) is 6.93. The molecule has 17 heavy (non-hydrogen) atoms. The zero-order valence-corrected chi connectivity index (χ0v) is 10.2. The predicted molar refractivity (Wildman–Crippen MR) is 64.8 cm³/mol. The third-order valence-corrected chi connectivity index (χ3v) is 2.72. The molecule has 0 aliphatic heterocycles. The van der Waals surface area contributed by atoms with E-state index in [1.54, 1.807) is 6.92 Å². The van der Waals surface area contributed by atoms with Crippen LogP contribution in [0.5, 0.6) is 0 Å². The average molecular weight is 240 g/mol. The maximum Gasteiger partial charge on any atom is 0.315 e. The van der Waals surface area contributed by atoms with E-state index < -0.39 is 5.97 Å². The van der Waals surface area contributed by atoms with E-state index in [0.717, 1.165) is 19.3 Å². The Hall–Kier alpha value is -1.52. The molecule has 5 heteroatoms. The molecule has 0 saturated carbocycles. The van der Waals surface area contributed by atoms with Crippen LogP contribution in [0.15, 0.2) is 11.6 Å². The quantitative estimate of drug-likeness (QED) is 0.618. The lowest BCUT2D eigenvalue weighted by Crippen LogP contribution is -2.41. The van der Waals surface area contributed by atoms with E-state index in [4.69, 9.17) is 5.11 Å². The molecule has 0 aromatic rings. The molecule has 0 saturated heterocycles. The fraction of sp³-hybridized carbons (Fsp3) is 0.667. The van der Waals surface area contributed by atoms with Crippen LogP contribution in [0, 0.1) is 0 Å². The zero-order chi connectivity index (χ0) is 12.7. The summed E-state index contributed by atoms with van der Waals surface area (Å²) in [4.78, 5) is 21.8. The molecular formula is C12H20N2O3. The van der Waals surface area contributed by atoms with E-state index >= 15 is 0 Å². The molecule has 1 aliphatic rings. The Bertz CT molecular complexity index is 313. The lowest BCUT2D eigenvalue weighted by Gasteiger charge is -2.12. The Kier molecular flexibility index (Phi) is 5.52. The topological polar surface area (TPSA) is 78.4 Å². The Morgan fingerprint density at radius 1 is 1.53 bits per heavy atom. The maximum atomic E-state index is 11.4. The van der Waals surface area contributed by atoms with Crippen LogP contribution in [-0.2, 0) is 4.79 Å². The van der Waals surface area contributed by atoms with E-state index in [2.05, 4.69) is 16.7 Å². The molecule has 0 heterocycles. The molecule has 0 spiro atoms. The first-order valence-corrected chi connectivity index (χ1v) is 6.02. The summed E-state index contributed by atoms with van der Waals surface area (Å²) < 4.78 is 0. The van der Waals surface area contributed by atoms with Crippen molar-refractivity contribution in [2.75, 3.05) is 6.54 Å². The molecule has 96 valence electrons. The lowest BCUT2D eigenvalue weighted by molar-refractivity contribution is -0.137. The summed E-state index contributed by atoms with van der Waals surface area (Å²) in [5.41, 5.74) is 1.41. The van der Waals surface area contributed by atoms with Crippen LogP contribution in [0.25, 0.3) is 0 Å². The van der Waals surface area contributed by atoms with E-state index in [0.29, 0.717) is 6.54 Å². The van der Waals surface area contributed by atoms with Crippen molar-refractivity contribution in [3.05, 3.63) is 11.6 Å². The second-order valence-electron chi connectivity index (χ2n) is 4.40. The second-order valence-corrected chi connectivity index (χ2v) is 4.40. The molecule has 0 aromatic heterocycles. The normalized spacial score (nSPS) is 16.2. The number of hydrogen-bond acceptors (Lipinski definition) is 2. The van der Waals surface area contributed by atoms with Gasteiger partial charge in [-0.2, -0.15) is 0 Å². The van der Waals surface area contributed by atoms with Crippen molar-refractivity contribution in [1.82, 2.24) is 10.6 Å². The molecule has 1 atom stereocenters. The number of rotatable bonds is 6. The summed E-state index contributed by atoms with van der Waals surface area (Å²) in [7, 11) is 0. The van der Waals surface area contributed by atoms with Crippen molar-refractivity contribution in [1.29, 1.82) is 0 Å². The highest BCUT2D eigenvalue weighted by Crippen LogP contribution is 2.19. The minimum absolute atomic E-state index is 0.0570. The third-order valence-electron chi connectivity index (χ3n) is 2.72. The number of amides is 2. The summed E-state index contributed by atoms with van der Waals surface area (Å²) in [5, 5.41) is 13.9. The first-order chi connectivity index (χ1) is 8.08. The highest BCUT2D eigenvalue weighted by Gasteiger charge is 2.10. The van der Waals surface area contributed by atoms with Gasteiger partial charge in [0.25, 0.3) is 0 Å². The van der Waals surface area contributed by atoms with E-state index in [1.807, 2.05) is 0 Å². The Morgan fingerprint density at radius 3 is 2.88 bits per heavy atom. The number of hydrogen-bond donors (Lipinski definition) is 3. The average Bonchev–Trinajstić information content (AvgIpc) is 2.68.